The van der Waals surface area contributed by atoms with Crippen LogP contribution in [0.3, 0.4) is 0 Å². The number of nitrogens with zero attached hydrogens (tertiary/aromatic N) is 1. The van der Waals surface area contributed by atoms with Crippen molar-refractivity contribution in [1.82, 2.24) is 31.2 Å². The molecule has 0 radical (unpaired) electrons. The fraction of sp³-hybridized carbons (Fsp3) is 0.440. The van der Waals surface area contributed by atoms with Crippen molar-refractivity contribution in [3.63, 3.8) is 0 Å². The minimum atomic E-state index is -1.39. The number of aromatic amines is 1. The molecule has 210 valence electrons. The number of carbonyl (C=O) groups is 5. The number of aliphatic carboxylic acids is 2. The smallest absolute Gasteiger partial charge is 0.326 e. The van der Waals surface area contributed by atoms with Crippen LogP contribution in [-0.4, -0.2) is 85.7 Å². The first-order valence-electron chi connectivity index (χ1n) is 12.5. The van der Waals surface area contributed by atoms with Crippen molar-refractivity contribution < 1.29 is 39.3 Å². The molecule has 0 aliphatic carbocycles. The molecule has 2 aromatic rings. The van der Waals surface area contributed by atoms with Gasteiger partial charge in [0, 0.05) is 31.2 Å². The number of amides is 3. The van der Waals surface area contributed by atoms with Crippen LogP contribution in [0.1, 0.15) is 36.9 Å². The van der Waals surface area contributed by atoms with Gasteiger partial charge in [-0.1, -0.05) is 12.1 Å². The summed E-state index contributed by atoms with van der Waals surface area (Å²) in [6.07, 6.45) is 3.42. The Balaban J connectivity index is 1.73. The highest BCUT2D eigenvalue weighted by Gasteiger charge is 2.32. The van der Waals surface area contributed by atoms with Crippen molar-refractivity contribution in [2.75, 3.05) is 6.54 Å². The average molecular weight is 545 g/mol. The summed E-state index contributed by atoms with van der Waals surface area (Å²) in [7, 11) is 0. The van der Waals surface area contributed by atoms with E-state index in [-0.39, 0.29) is 25.0 Å². The Hall–Kier alpha value is -4.46. The summed E-state index contributed by atoms with van der Waals surface area (Å²) in [5.41, 5.74) is 1.07. The Morgan fingerprint density at radius 3 is 2.23 bits per heavy atom. The Kier molecular flexibility index (Phi) is 10.4. The van der Waals surface area contributed by atoms with Gasteiger partial charge in [-0.05, 0) is 43.5 Å². The molecular formula is C25H32N6O8. The number of phenolic OH excluding ortho intramolecular Hbond substituents is 1. The molecule has 0 bridgehead atoms. The van der Waals surface area contributed by atoms with E-state index in [0.717, 1.165) is 6.42 Å². The molecule has 3 amide bonds. The molecule has 4 atom stereocenters. The number of carboxylic acids is 2. The molecule has 1 aliphatic heterocycles. The average Bonchev–Trinajstić information content (AvgIpc) is 3.61. The monoisotopic (exact) mass is 544 g/mol. The first-order valence-corrected chi connectivity index (χ1v) is 12.5. The fourth-order valence-corrected chi connectivity index (χ4v) is 4.16. The molecule has 1 aliphatic rings. The molecule has 1 fully saturated rings. The van der Waals surface area contributed by atoms with E-state index >= 15 is 0 Å². The van der Waals surface area contributed by atoms with E-state index < -0.39 is 60.2 Å². The first-order chi connectivity index (χ1) is 18.6. The molecule has 8 N–H and O–H groups in total. The van der Waals surface area contributed by atoms with Gasteiger partial charge >= 0.3 is 11.9 Å². The first kappa shape index (κ1) is 29.1. The number of carboxylic acid groups (broad SMARTS) is 2. The number of carbonyl (C=O) groups excluding carboxylic acids is 3. The van der Waals surface area contributed by atoms with E-state index in [4.69, 9.17) is 5.11 Å². The zero-order chi connectivity index (χ0) is 28.4. The maximum atomic E-state index is 13.3. The lowest BCUT2D eigenvalue weighted by atomic mass is 10.0. The zero-order valence-electron chi connectivity index (χ0n) is 21.1. The van der Waals surface area contributed by atoms with Gasteiger partial charge in [0.15, 0.2) is 0 Å². The number of phenols is 1. The van der Waals surface area contributed by atoms with Crippen LogP contribution < -0.4 is 21.3 Å². The second-order valence-corrected chi connectivity index (χ2v) is 9.25. The van der Waals surface area contributed by atoms with Crippen molar-refractivity contribution in [3.05, 3.63) is 48.0 Å². The van der Waals surface area contributed by atoms with Crippen molar-refractivity contribution in [1.29, 1.82) is 0 Å². The summed E-state index contributed by atoms with van der Waals surface area (Å²) in [6.45, 7) is 0.668. The predicted octanol–water partition coefficient (Wildman–Crippen LogP) is -0.944. The molecule has 14 nitrogen and oxygen atoms in total. The minimum absolute atomic E-state index is 0.00778. The maximum absolute atomic E-state index is 13.3. The van der Waals surface area contributed by atoms with Gasteiger partial charge in [-0.3, -0.25) is 19.2 Å². The molecule has 0 saturated carbocycles. The van der Waals surface area contributed by atoms with Crippen molar-refractivity contribution in [3.8, 4) is 5.75 Å². The molecule has 0 spiro atoms. The number of imidazole rings is 1. The van der Waals surface area contributed by atoms with Gasteiger partial charge in [-0.15, -0.1) is 0 Å². The topological polar surface area (TPSA) is 223 Å². The van der Waals surface area contributed by atoms with E-state index in [1.54, 1.807) is 0 Å². The van der Waals surface area contributed by atoms with Gasteiger partial charge < -0.3 is 41.6 Å². The lowest BCUT2D eigenvalue weighted by molar-refractivity contribution is -0.143. The van der Waals surface area contributed by atoms with Crippen LogP contribution in [0.2, 0.25) is 0 Å². The van der Waals surface area contributed by atoms with Crippen LogP contribution in [-0.2, 0) is 36.8 Å². The molecular weight excluding hydrogens is 512 g/mol. The summed E-state index contributed by atoms with van der Waals surface area (Å²) < 4.78 is 0. The van der Waals surface area contributed by atoms with Gasteiger partial charge in [0.25, 0.3) is 0 Å². The summed E-state index contributed by atoms with van der Waals surface area (Å²) in [5, 5.41) is 38.8. The molecule has 4 unspecified atom stereocenters. The fourth-order valence-electron chi connectivity index (χ4n) is 4.16. The van der Waals surface area contributed by atoms with Crippen LogP contribution in [0.4, 0.5) is 0 Å². The second-order valence-electron chi connectivity index (χ2n) is 9.25. The Morgan fingerprint density at radius 2 is 1.64 bits per heavy atom. The van der Waals surface area contributed by atoms with E-state index in [2.05, 4.69) is 31.2 Å². The highest BCUT2D eigenvalue weighted by atomic mass is 16.4. The lowest BCUT2D eigenvalue weighted by Crippen LogP contribution is -2.57. The number of hydrogen-bond acceptors (Lipinski definition) is 8. The molecule has 1 aromatic carbocycles. The number of aromatic hydroxyl groups is 1. The van der Waals surface area contributed by atoms with Crippen LogP contribution in [0.25, 0.3) is 0 Å². The van der Waals surface area contributed by atoms with E-state index in [9.17, 15) is 34.2 Å². The molecule has 39 heavy (non-hydrogen) atoms. The van der Waals surface area contributed by atoms with Crippen LogP contribution >= 0.6 is 0 Å². The molecule has 1 saturated heterocycles. The molecule has 3 rings (SSSR count). The third kappa shape index (κ3) is 9.10. The van der Waals surface area contributed by atoms with E-state index in [1.165, 1.54) is 36.8 Å². The molecule has 2 heterocycles. The third-order valence-corrected chi connectivity index (χ3v) is 6.26. The Bertz CT molecular complexity index is 1150. The number of nitrogens with one attached hydrogen (secondary N) is 5. The quantitative estimate of drug-likeness (QED) is 0.146. The van der Waals surface area contributed by atoms with Gasteiger partial charge in [-0.2, -0.15) is 0 Å². The molecule has 14 heteroatoms. The number of rotatable bonds is 14. The van der Waals surface area contributed by atoms with Crippen molar-refractivity contribution >= 4 is 29.7 Å². The summed E-state index contributed by atoms with van der Waals surface area (Å²) in [5.74, 6) is -4.58. The number of benzene rings is 1. The normalized spacial score (nSPS) is 17.0. The minimum Gasteiger partial charge on any atom is -0.508 e. The van der Waals surface area contributed by atoms with E-state index in [1.807, 2.05) is 0 Å². The number of hydrogen-bond donors (Lipinski definition) is 8. The van der Waals surface area contributed by atoms with E-state index in [0.29, 0.717) is 24.2 Å². The standard InChI is InChI=1S/C25H32N6O8/c32-16-5-3-14(4-6-16)10-20(25(38)39)31-23(36)18(7-8-21(33)34)29-24(37)19(11-15-12-26-13-28-15)30-22(35)17-2-1-9-27-17/h3-6,12-13,17-20,27,32H,1-2,7-11H2,(H,26,28)(H,29,37)(H,30,35)(H,31,36)(H,33,34)(H,38,39). The summed E-state index contributed by atoms with van der Waals surface area (Å²) in [4.78, 5) is 68.9. The summed E-state index contributed by atoms with van der Waals surface area (Å²) >= 11 is 0. The number of aromatic nitrogens is 2. The Morgan fingerprint density at radius 1 is 0.949 bits per heavy atom. The van der Waals surface area contributed by atoms with Crippen LogP contribution in [0.5, 0.6) is 5.75 Å². The highest BCUT2D eigenvalue weighted by molar-refractivity contribution is 5.94. The summed E-state index contributed by atoms with van der Waals surface area (Å²) in [6, 6.07) is 1.40. The zero-order valence-corrected chi connectivity index (χ0v) is 21.1. The maximum Gasteiger partial charge on any atom is 0.326 e. The SMILES string of the molecule is O=C(O)CCC(NC(=O)C(Cc1cnc[nH]1)NC(=O)C1CCCN1)C(=O)NC(Cc1ccc(O)cc1)C(=O)O. The number of H-pyrrole nitrogens is 1. The largest absolute Gasteiger partial charge is 0.508 e. The van der Waals surface area contributed by atoms with Gasteiger partial charge in [0.05, 0.1) is 12.4 Å². The van der Waals surface area contributed by atoms with Gasteiger partial charge in [0.2, 0.25) is 17.7 Å². The Labute approximate surface area is 223 Å². The van der Waals surface area contributed by atoms with Crippen LogP contribution in [0.15, 0.2) is 36.8 Å². The van der Waals surface area contributed by atoms with Crippen LogP contribution in [0, 0.1) is 0 Å². The molecule has 1 aromatic heterocycles. The second kappa shape index (κ2) is 13.9. The lowest BCUT2D eigenvalue weighted by Gasteiger charge is -2.25. The van der Waals surface area contributed by atoms with Crippen molar-refractivity contribution in [2.45, 2.75) is 62.7 Å². The van der Waals surface area contributed by atoms with Gasteiger partial charge in [0.1, 0.15) is 23.9 Å². The van der Waals surface area contributed by atoms with Crippen molar-refractivity contribution in [2.24, 2.45) is 0 Å². The third-order valence-electron chi connectivity index (χ3n) is 6.26. The highest BCUT2D eigenvalue weighted by Crippen LogP contribution is 2.12. The predicted molar refractivity (Wildman–Crippen MR) is 135 cm³/mol. The van der Waals surface area contributed by atoms with Gasteiger partial charge in [-0.25, -0.2) is 9.78 Å².